The van der Waals surface area contributed by atoms with E-state index >= 15 is 0 Å². The van der Waals surface area contributed by atoms with Crippen LogP contribution in [0.5, 0.6) is 0 Å². The van der Waals surface area contributed by atoms with E-state index in [-0.39, 0.29) is 5.82 Å². The molecule has 0 spiro atoms. The van der Waals surface area contributed by atoms with E-state index in [2.05, 4.69) is 10.2 Å². The van der Waals surface area contributed by atoms with Crippen molar-refractivity contribution in [3.05, 3.63) is 35.1 Å². The Hall–Kier alpha value is -0.930. The molecule has 0 radical (unpaired) electrons. The monoisotopic (exact) mass is 248 g/mol. The second kappa shape index (κ2) is 4.98. The first-order valence-corrected chi connectivity index (χ1v) is 6.94. The molecular weight excluding hydrogens is 227 g/mol. The highest BCUT2D eigenvalue weighted by molar-refractivity contribution is 5.26. The lowest BCUT2D eigenvalue weighted by atomic mass is 9.91. The number of hydrogen-bond acceptors (Lipinski definition) is 2. The van der Waals surface area contributed by atoms with Gasteiger partial charge in [0, 0.05) is 19.1 Å². The first-order valence-electron chi connectivity index (χ1n) is 6.94. The van der Waals surface area contributed by atoms with Crippen molar-refractivity contribution in [3.63, 3.8) is 0 Å². The molecule has 2 fully saturated rings. The smallest absolute Gasteiger partial charge is 0.123 e. The van der Waals surface area contributed by atoms with Gasteiger partial charge in [-0.15, -0.1) is 0 Å². The normalized spacial score (nSPS) is 28.3. The Morgan fingerprint density at radius 1 is 1.39 bits per heavy atom. The Morgan fingerprint density at radius 2 is 2.28 bits per heavy atom. The summed E-state index contributed by atoms with van der Waals surface area (Å²) in [6.07, 6.45) is 2.65. The third kappa shape index (κ3) is 2.29. The third-order valence-electron chi connectivity index (χ3n) is 4.47. The fourth-order valence-electron chi connectivity index (χ4n) is 3.42. The van der Waals surface area contributed by atoms with E-state index < -0.39 is 0 Å². The Morgan fingerprint density at radius 3 is 3.11 bits per heavy atom. The van der Waals surface area contributed by atoms with Crippen molar-refractivity contribution in [2.45, 2.75) is 32.4 Å². The van der Waals surface area contributed by atoms with E-state index in [0.29, 0.717) is 6.04 Å². The SMILES string of the molecule is Cc1cc(F)ccc1CN1CCCC2CNCC21. The molecule has 0 aliphatic carbocycles. The molecule has 1 aromatic rings. The average molecular weight is 248 g/mol. The molecule has 2 aliphatic heterocycles. The quantitative estimate of drug-likeness (QED) is 0.864. The minimum absolute atomic E-state index is 0.129. The van der Waals surface area contributed by atoms with Crippen molar-refractivity contribution in [3.8, 4) is 0 Å². The summed E-state index contributed by atoms with van der Waals surface area (Å²) in [5.74, 6) is 0.690. The molecule has 3 heteroatoms. The summed E-state index contributed by atoms with van der Waals surface area (Å²) in [5.41, 5.74) is 2.34. The summed E-state index contributed by atoms with van der Waals surface area (Å²) < 4.78 is 13.1. The van der Waals surface area contributed by atoms with E-state index in [1.165, 1.54) is 31.5 Å². The first kappa shape index (κ1) is 12.1. The number of halogens is 1. The Labute approximate surface area is 108 Å². The topological polar surface area (TPSA) is 15.3 Å². The zero-order valence-corrected chi connectivity index (χ0v) is 11.0. The Balaban J connectivity index is 1.75. The van der Waals surface area contributed by atoms with Crippen LogP contribution in [0.15, 0.2) is 18.2 Å². The molecule has 2 aliphatic rings. The number of nitrogens with zero attached hydrogens (tertiary/aromatic N) is 1. The first-order chi connectivity index (χ1) is 8.74. The molecule has 18 heavy (non-hydrogen) atoms. The van der Waals surface area contributed by atoms with E-state index in [1.807, 2.05) is 13.0 Å². The summed E-state index contributed by atoms with van der Waals surface area (Å²) in [6, 6.07) is 5.85. The molecule has 0 amide bonds. The number of benzene rings is 1. The molecule has 2 unspecified atom stereocenters. The molecule has 1 aromatic carbocycles. The van der Waals surface area contributed by atoms with Gasteiger partial charge in [-0.25, -0.2) is 4.39 Å². The molecule has 2 saturated heterocycles. The van der Waals surface area contributed by atoms with Gasteiger partial charge < -0.3 is 5.32 Å². The molecule has 2 nitrogen and oxygen atoms in total. The van der Waals surface area contributed by atoms with E-state index in [1.54, 1.807) is 12.1 Å². The standard InChI is InChI=1S/C15H21FN2/c1-11-7-14(16)5-4-13(11)10-18-6-2-3-12-8-17-9-15(12)18/h4-5,7,12,15,17H,2-3,6,8-10H2,1H3. The van der Waals surface area contributed by atoms with E-state index in [4.69, 9.17) is 0 Å². The average Bonchev–Trinajstić information content (AvgIpc) is 2.82. The number of fused-ring (bicyclic) bond motifs is 1. The van der Waals surface area contributed by atoms with Crippen LogP contribution in [0, 0.1) is 18.7 Å². The van der Waals surface area contributed by atoms with Gasteiger partial charge in [-0.3, -0.25) is 4.90 Å². The lowest BCUT2D eigenvalue weighted by molar-refractivity contribution is 0.117. The highest BCUT2D eigenvalue weighted by Crippen LogP contribution is 2.28. The van der Waals surface area contributed by atoms with Gasteiger partial charge in [0.25, 0.3) is 0 Å². The molecule has 3 rings (SSSR count). The number of hydrogen-bond donors (Lipinski definition) is 1. The summed E-state index contributed by atoms with van der Waals surface area (Å²) in [5, 5.41) is 3.50. The van der Waals surface area contributed by atoms with Crippen LogP contribution in [-0.4, -0.2) is 30.6 Å². The van der Waals surface area contributed by atoms with Gasteiger partial charge in [-0.05, 0) is 62.0 Å². The highest BCUT2D eigenvalue weighted by Gasteiger charge is 2.34. The minimum Gasteiger partial charge on any atom is -0.315 e. The van der Waals surface area contributed by atoms with Crippen LogP contribution in [-0.2, 0) is 6.54 Å². The maximum atomic E-state index is 13.1. The number of aryl methyl sites for hydroxylation is 1. The summed E-state index contributed by atoms with van der Waals surface area (Å²) in [4.78, 5) is 2.58. The number of likely N-dealkylation sites (tertiary alicyclic amines) is 1. The maximum Gasteiger partial charge on any atom is 0.123 e. The van der Waals surface area contributed by atoms with Crippen LogP contribution in [0.4, 0.5) is 4.39 Å². The number of rotatable bonds is 2. The second-order valence-corrected chi connectivity index (χ2v) is 5.67. The lowest BCUT2D eigenvalue weighted by Gasteiger charge is -2.37. The maximum absolute atomic E-state index is 13.1. The van der Waals surface area contributed by atoms with Gasteiger partial charge in [-0.2, -0.15) is 0 Å². The van der Waals surface area contributed by atoms with Crippen molar-refractivity contribution in [2.75, 3.05) is 19.6 Å². The minimum atomic E-state index is -0.129. The molecule has 98 valence electrons. The number of piperidine rings is 1. The second-order valence-electron chi connectivity index (χ2n) is 5.67. The fourth-order valence-corrected chi connectivity index (χ4v) is 3.42. The van der Waals surface area contributed by atoms with Gasteiger partial charge in [0.1, 0.15) is 5.82 Å². The predicted octanol–water partition coefficient (Wildman–Crippen LogP) is 2.32. The number of nitrogens with one attached hydrogen (secondary N) is 1. The molecule has 0 aromatic heterocycles. The van der Waals surface area contributed by atoms with Gasteiger partial charge in [0.05, 0.1) is 0 Å². The fraction of sp³-hybridized carbons (Fsp3) is 0.600. The van der Waals surface area contributed by atoms with Crippen molar-refractivity contribution in [1.82, 2.24) is 10.2 Å². The van der Waals surface area contributed by atoms with E-state index in [9.17, 15) is 4.39 Å². The van der Waals surface area contributed by atoms with Crippen molar-refractivity contribution < 1.29 is 4.39 Å². The lowest BCUT2D eigenvalue weighted by Crippen LogP contribution is -2.44. The van der Waals surface area contributed by atoms with Crippen molar-refractivity contribution in [2.24, 2.45) is 5.92 Å². The Kier molecular flexibility index (Phi) is 3.35. The van der Waals surface area contributed by atoms with Crippen LogP contribution in [0.25, 0.3) is 0 Å². The molecular formula is C15H21FN2. The Bertz CT molecular complexity index is 433. The van der Waals surface area contributed by atoms with Gasteiger partial charge in [0.15, 0.2) is 0 Å². The largest absolute Gasteiger partial charge is 0.315 e. The summed E-state index contributed by atoms with van der Waals surface area (Å²) in [6.45, 7) is 6.44. The van der Waals surface area contributed by atoms with Gasteiger partial charge >= 0.3 is 0 Å². The molecule has 2 heterocycles. The zero-order chi connectivity index (χ0) is 12.5. The molecule has 1 N–H and O–H groups in total. The van der Waals surface area contributed by atoms with Crippen LogP contribution in [0.1, 0.15) is 24.0 Å². The van der Waals surface area contributed by atoms with Crippen LogP contribution >= 0.6 is 0 Å². The van der Waals surface area contributed by atoms with Crippen molar-refractivity contribution >= 4 is 0 Å². The molecule has 2 atom stereocenters. The highest BCUT2D eigenvalue weighted by atomic mass is 19.1. The van der Waals surface area contributed by atoms with Gasteiger partial charge in [-0.1, -0.05) is 6.07 Å². The van der Waals surface area contributed by atoms with Crippen molar-refractivity contribution in [1.29, 1.82) is 0 Å². The zero-order valence-electron chi connectivity index (χ0n) is 11.0. The van der Waals surface area contributed by atoms with Crippen LogP contribution in [0.2, 0.25) is 0 Å². The summed E-state index contributed by atoms with van der Waals surface area (Å²) in [7, 11) is 0. The van der Waals surface area contributed by atoms with Crippen LogP contribution < -0.4 is 5.32 Å². The predicted molar refractivity (Wildman–Crippen MR) is 70.9 cm³/mol. The van der Waals surface area contributed by atoms with Gasteiger partial charge in [0.2, 0.25) is 0 Å². The molecule has 0 bridgehead atoms. The third-order valence-corrected chi connectivity index (χ3v) is 4.47. The van der Waals surface area contributed by atoms with Crippen LogP contribution in [0.3, 0.4) is 0 Å². The van der Waals surface area contributed by atoms with E-state index in [0.717, 1.165) is 24.6 Å². The molecule has 0 saturated carbocycles. The summed E-state index contributed by atoms with van der Waals surface area (Å²) >= 11 is 0.